The number of hydrogen-bond acceptors (Lipinski definition) is 5. The van der Waals surface area contributed by atoms with Crippen LogP contribution in [0.4, 0.5) is 0 Å². The fraction of sp³-hybridized carbons (Fsp3) is 0.231. The summed E-state index contributed by atoms with van der Waals surface area (Å²) >= 11 is 0. The highest BCUT2D eigenvalue weighted by Crippen LogP contribution is 2.33. The van der Waals surface area contributed by atoms with E-state index >= 15 is 0 Å². The number of amides is 2. The van der Waals surface area contributed by atoms with Crippen LogP contribution in [0.1, 0.15) is 21.5 Å². The maximum absolute atomic E-state index is 13.2. The monoisotopic (exact) mass is 446 g/mol. The molecule has 0 unspecified atom stereocenters. The minimum Gasteiger partial charge on any atom is -0.493 e. The average molecular weight is 447 g/mol. The molecule has 0 saturated carbocycles. The standard InChI is InChI=1S/C26H26N2O5/c1-32-23-12-9-18-13-20(16-29)27-26(31)22(28-25(30)19-5-3-2-4-6-19)14-17-7-10-21(11-8-17)33-24(23)15-18/h2-12,15,20,22,29H,13-14,16H2,1H3,(H,27,31)(H,28,30)/t20-,22-/m0/s1. The van der Waals surface area contributed by atoms with Crippen molar-refractivity contribution in [3.63, 3.8) is 0 Å². The van der Waals surface area contributed by atoms with Crippen LogP contribution in [-0.4, -0.2) is 42.7 Å². The van der Waals surface area contributed by atoms with Gasteiger partial charge in [0.2, 0.25) is 5.91 Å². The van der Waals surface area contributed by atoms with Gasteiger partial charge in [-0.05, 0) is 53.9 Å². The zero-order chi connectivity index (χ0) is 23.2. The molecule has 33 heavy (non-hydrogen) atoms. The third-order valence-electron chi connectivity index (χ3n) is 5.53. The fourth-order valence-electron chi connectivity index (χ4n) is 3.77. The summed E-state index contributed by atoms with van der Waals surface area (Å²) in [5.41, 5.74) is 2.19. The number of ether oxygens (including phenoxy) is 2. The van der Waals surface area contributed by atoms with Crippen molar-refractivity contribution in [2.75, 3.05) is 13.7 Å². The highest BCUT2D eigenvalue weighted by atomic mass is 16.5. The van der Waals surface area contributed by atoms with Gasteiger partial charge in [-0.3, -0.25) is 9.59 Å². The summed E-state index contributed by atoms with van der Waals surface area (Å²) in [6.07, 6.45) is 0.678. The zero-order valence-electron chi connectivity index (χ0n) is 18.3. The molecule has 2 atom stereocenters. The first-order valence-electron chi connectivity index (χ1n) is 10.8. The van der Waals surface area contributed by atoms with E-state index in [9.17, 15) is 14.7 Å². The predicted molar refractivity (Wildman–Crippen MR) is 124 cm³/mol. The van der Waals surface area contributed by atoms with Gasteiger partial charge >= 0.3 is 0 Å². The molecule has 3 N–H and O–H groups in total. The van der Waals surface area contributed by atoms with Crippen LogP contribution < -0.4 is 20.1 Å². The van der Waals surface area contributed by atoms with Gasteiger partial charge in [0, 0.05) is 12.0 Å². The lowest BCUT2D eigenvalue weighted by molar-refractivity contribution is -0.124. The van der Waals surface area contributed by atoms with Crippen LogP contribution in [0.5, 0.6) is 17.2 Å². The maximum atomic E-state index is 13.2. The summed E-state index contributed by atoms with van der Waals surface area (Å²) in [5.74, 6) is 1.07. The Morgan fingerprint density at radius 2 is 1.79 bits per heavy atom. The molecule has 3 aromatic rings. The normalized spacial score (nSPS) is 17.9. The van der Waals surface area contributed by atoms with Crippen molar-refractivity contribution >= 4 is 11.8 Å². The van der Waals surface area contributed by atoms with Crippen LogP contribution in [0.15, 0.2) is 72.8 Å². The number of benzene rings is 3. The average Bonchev–Trinajstić information content (AvgIpc) is 2.84. The molecule has 0 aromatic heterocycles. The second-order valence-corrected chi connectivity index (χ2v) is 7.92. The number of aliphatic hydroxyl groups is 1. The molecule has 2 aliphatic heterocycles. The van der Waals surface area contributed by atoms with E-state index in [4.69, 9.17) is 9.47 Å². The van der Waals surface area contributed by atoms with Gasteiger partial charge in [0.25, 0.3) is 5.91 Å². The minimum absolute atomic E-state index is 0.249. The molecule has 7 nitrogen and oxygen atoms in total. The molecule has 0 radical (unpaired) electrons. The molecular formula is C26H26N2O5. The van der Waals surface area contributed by atoms with E-state index in [1.54, 1.807) is 37.4 Å². The molecule has 3 aromatic carbocycles. The van der Waals surface area contributed by atoms with Gasteiger partial charge in [-0.1, -0.05) is 36.4 Å². The van der Waals surface area contributed by atoms with Gasteiger partial charge < -0.3 is 25.2 Å². The van der Waals surface area contributed by atoms with Crippen molar-refractivity contribution in [3.05, 3.63) is 89.5 Å². The second kappa shape index (κ2) is 10.2. The van der Waals surface area contributed by atoms with E-state index in [0.29, 0.717) is 29.2 Å². The first-order valence-corrected chi connectivity index (χ1v) is 10.8. The van der Waals surface area contributed by atoms with Gasteiger partial charge in [0.1, 0.15) is 11.8 Å². The summed E-state index contributed by atoms with van der Waals surface area (Å²) in [7, 11) is 1.57. The first-order chi connectivity index (χ1) is 16.1. The molecule has 2 aliphatic rings. The Kier molecular flexibility index (Phi) is 6.90. The third kappa shape index (κ3) is 5.51. The number of fused-ring (bicyclic) bond motifs is 7. The number of carbonyl (C=O) groups excluding carboxylic acids is 2. The van der Waals surface area contributed by atoms with E-state index in [2.05, 4.69) is 10.6 Å². The highest BCUT2D eigenvalue weighted by Gasteiger charge is 2.25. The molecule has 4 bridgehead atoms. The molecule has 0 spiro atoms. The van der Waals surface area contributed by atoms with Crippen molar-refractivity contribution < 1.29 is 24.2 Å². The van der Waals surface area contributed by atoms with Crippen LogP contribution >= 0.6 is 0 Å². The van der Waals surface area contributed by atoms with Crippen molar-refractivity contribution in [2.24, 2.45) is 0 Å². The Bertz CT molecular complexity index is 1120. The van der Waals surface area contributed by atoms with Crippen molar-refractivity contribution in [1.29, 1.82) is 0 Å². The largest absolute Gasteiger partial charge is 0.493 e. The molecule has 0 saturated heterocycles. The quantitative estimate of drug-likeness (QED) is 0.573. The number of rotatable bonds is 4. The maximum Gasteiger partial charge on any atom is 0.251 e. The van der Waals surface area contributed by atoms with E-state index in [1.165, 1.54) is 0 Å². The van der Waals surface area contributed by atoms with Crippen LogP contribution in [0.2, 0.25) is 0 Å². The number of methoxy groups -OCH3 is 1. The number of hydrogen-bond donors (Lipinski definition) is 3. The first kappa shape index (κ1) is 22.4. The van der Waals surface area contributed by atoms with Crippen LogP contribution in [0, 0.1) is 0 Å². The minimum atomic E-state index is -0.812. The SMILES string of the molecule is COc1ccc2cc1Oc1ccc(cc1)C[C@H](NC(=O)c1ccccc1)C(=O)N[C@H](CO)C2. The summed E-state index contributed by atoms with van der Waals surface area (Å²) in [5, 5.41) is 15.6. The van der Waals surface area contributed by atoms with Crippen LogP contribution in [0.25, 0.3) is 0 Å². The van der Waals surface area contributed by atoms with E-state index in [-0.39, 0.29) is 24.8 Å². The fourth-order valence-corrected chi connectivity index (χ4v) is 3.77. The zero-order valence-corrected chi connectivity index (χ0v) is 18.3. The Morgan fingerprint density at radius 1 is 1.06 bits per heavy atom. The lowest BCUT2D eigenvalue weighted by Gasteiger charge is -2.24. The molecule has 0 aliphatic carbocycles. The molecule has 2 heterocycles. The number of carbonyl (C=O) groups is 2. The smallest absolute Gasteiger partial charge is 0.251 e. The van der Waals surface area contributed by atoms with E-state index in [1.807, 2.05) is 42.5 Å². The van der Waals surface area contributed by atoms with Crippen molar-refractivity contribution in [1.82, 2.24) is 10.6 Å². The van der Waals surface area contributed by atoms with Crippen LogP contribution in [0.3, 0.4) is 0 Å². The molecule has 7 heteroatoms. The molecule has 0 fully saturated rings. The van der Waals surface area contributed by atoms with Gasteiger partial charge in [-0.2, -0.15) is 0 Å². The predicted octanol–water partition coefficient (Wildman–Crippen LogP) is 2.86. The summed E-state index contributed by atoms with van der Waals surface area (Å²) in [6, 6.07) is 20.3. The molecule has 5 rings (SSSR count). The Hall–Kier alpha value is -3.84. The van der Waals surface area contributed by atoms with Gasteiger partial charge in [0.05, 0.1) is 19.8 Å². The van der Waals surface area contributed by atoms with Crippen molar-refractivity contribution in [2.45, 2.75) is 24.9 Å². The molecule has 2 amide bonds. The number of nitrogens with one attached hydrogen (secondary N) is 2. The molecule has 170 valence electrons. The Morgan fingerprint density at radius 3 is 2.48 bits per heavy atom. The van der Waals surface area contributed by atoms with Crippen LogP contribution in [-0.2, 0) is 17.6 Å². The van der Waals surface area contributed by atoms with Gasteiger partial charge in [-0.25, -0.2) is 0 Å². The summed E-state index contributed by atoms with van der Waals surface area (Å²) in [4.78, 5) is 25.9. The third-order valence-corrected chi connectivity index (χ3v) is 5.53. The lowest BCUT2D eigenvalue weighted by atomic mass is 10.0. The summed E-state index contributed by atoms with van der Waals surface area (Å²) < 4.78 is 11.4. The van der Waals surface area contributed by atoms with E-state index in [0.717, 1.165) is 11.1 Å². The topological polar surface area (TPSA) is 96.9 Å². The van der Waals surface area contributed by atoms with Crippen molar-refractivity contribution in [3.8, 4) is 17.2 Å². The lowest BCUT2D eigenvalue weighted by Crippen LogP contribution is -2.52. The Balaban J connectivity index is 1.65. The van der Waals surface area contributed by atoms with Gasteiger partial charge in [-0.15, -0.1) is 0 Å². The summed E-state index contributed by atoms with van der Waals surface area (Å²) in [6.45, 7) is -0.249. The molecular weight excluding hydrogens is 420 g/mol. The highest BCUT2D eigenvalue weighted by molar-refractivity contribution is 5.97. The Labute approximate surface area is 192 Å². The number of aliphatic hydroxyl groups excluding tert-OH is 1. The second-order valence-electron chi connectivity index (χ2n) is 7.92. The van der Waals surface area contributed by atoms with E-state index < -0.39 is 12.1 Å². The van der Waals surface area contributed by atoms with Gasteiger partial charge in [0.15, 0.2) is 11.5 Å².